The highest BCUT2D eigenvalue weighted by Gasteiger charge is 2.27. The zero-order valence-corrected chi connectivity index (χ0v) is 13.2. The van der Waals surface area contributed by atoms with Crippen LogP contribution in [0, 0.1) is 5.92 Å². The zero-order valence-electron chi connectivity index (χ0n) is 12.4. The van der Waals surface area contributed by atoms with Crippen molar-refractivity contribution in [3.63, 3.8) is 0 Å². The van der Waals surface area contributed by atoms with Crippen molar-refractivity contribution in [2.24, 2.45) is 5.92 Å². The van der Waals surface area contributed by atoms with Gasteiger partial charge >= 0.3 is 0 Å². The standard InChI is InChI=1S/C14H22N2O4S/c1-3-10-6-4-5-7-11(10)16-14(17)12-8-9-13(20-12)21(18,19)15-2/h8-11,15H,3-7H2,1-2H3,(H,16,17)/t10-,11-/m1/s1. The van der Waals surface area contributed by atoms with E-state index in [4.69, 9.17) is 4.42 Å². The van der Waals surface area contributed by atoms with Crippen LogP contribution in [0.1, 0.15) is 49.6 Å². The maximum absolute atomic E-state index is 12.2. The predicted octanol–water partition coefficient (Wildman–Crippen LogP) is 1.89. The van der Waals surface area contributed by atoms with Gasteiger partial charge in [0, 0.05) is 6.04 Å². The fourth-order valence-electron chi connectivity index (χ4n) is 2.81. The predicted molar refractivity (Wildman–Crippen MR) is 78.5 cm³/mol. The molecular weight excluding hydrogens is 292 g/mol. The van der Waals surface area contributed by atoms with Gasteiger partial charge in [0.1, 0.15) is 0 Å². The summed E-state index contributed by atoms with van der Waals surface area (Å²) in [4.78, 5) is 12.2. The van der Waals surface area contributed by atoms with Crippen molar-refractivity contribution >= 4 is 15.9 Å². The molecule has 21 heavy (non-hydrogen) atoms. The SMILES string of the molecule is CC[C@@H]1CCCC[C@H]1NC(=O)c1ccc(S(=O)(=O)NC)o1. The number of carbonyl (C=O) groups is 1. The maximum atomic E-state index is 12.2. The summed E-state index contributed by atoms with van der Waals surface area (Å²) in [5, 5.41) is 2.73. The van der Waals surface area contributed by atoms with Gasteiger partial charge in [0.2, 0.25) is 5.09 Å². The van der Waals surface area contributed by atoms with Crippen LogP contribution in [0.3, 0.4) is 0 Å². The molecule has 1 aromatic rings. The molecule has 2 rings (SSSR count). The Morgan fingerprint density at radius 3 is 2.71 bits per heavy atom. The average Bonchev–Trinajstić information content (AvgIpc) is 2.98. The molecule has 0 unspecified atom stereocenters. The quantitative estimate of drug-likeness (QED) is 0.868. The second-order valence-corrected chi connectivity index (χ2v) is 7.18. The lowest BCUT2D eigenvalue weighted by Crippen LogP contribution is -2.41. The van der Waals surface area contributed by atoms with Gasteiger partial charge in [0.15, 0.2) is 5.76 Å². The number of sulfonamides is 1. The molecule has 0 aromatic carbocycles. The molecule has 1 aliphatic rings. The maximum Gasteiger partial charge on any atom is 0.287 e. The van der Waals surface area contributed by atoms with Crippen molar-refractivity contribution in [1.29, 1.82) is 0 Å². The molecule has 0 aliphatic heterocycles. The Hall–Kier alpha value is -1.34. The minimum Gasteiger partial charge on any atom is -0.438 e. The molecule has 0 bridgehead atoms. The number of nitrogens with one attached hydrogen (secondary N) is 2. The molecule has 0 radical (unpaired) electrons. The Balaban J connectivity index is 2.07. The van der Waals surface area contributed by atoms with Gasteiger partial charge in [-0.3, -0.25) is 4.79 Å². The Morgan fingerprint density at radius 2 is 2.05 bits per heavy atom. The molecule has 2 N–H and O–H groups in total. The summed E-state index contributed by atoms with van der Waals surface area (Å²) >= 11 is 0. The highest BCUT2D eigenvalue weighted by molar-refractivity contribution is 7.89. The van der Waals surface area contributed by atoms with Gasteiger partial charge in [-0.15, -0.1) is 0 Å². The molecule has 6 nitrogen and oxygen atoms in total. The van der Waals surface area contributed by atoms with Gasteiger partial charge in [-0.1, -0.05) is 26.2 Å². The third-order valence-electron chi connectivity index (χ3n) is 4.09. The first-order valence-corrected chi connectivity index (χ1v) is 8.80. The van der Waals surface area contributed by atoms with Crippen LogP contribution in [-0.2, 0) is 10.0 Å². The van der Waals surface area contributed by atoms with Crippen molar-refractivity contribution in [2.45, 2.75) is 50.2 Å². The topological polar surface area (TPSA) is 88.4 Å². The molecule has 1 amide bonds. The third kappa shape index (κ3) is 3.65. The molecule has 1 saturated carbocycles. The van der Waals surface area contributed by atoms with Crippen LogP contribution in [0.15, 0.2) is 21.6 Å². The third-order valence-corrected chi connectivity index (χ3v) is 5.38. The van der Waals surface area contributed by atoms with Crippen LogP contribution < -0.4 is 10.0 Å². The minimum absolute atomic E-state index is 0.0317. The van der Waals surface area contributed by atoms with E-state index in [1.54, 1.807) is 0 Å². The van der Waals surface area contributed by atoms with Gasteiger partial charge < -0.3 is 9.73 Å². The van der Waals surface area contributed by atoms with Crippen molar-refractivity contribution in [3.8, 4) is 0 Å². The molecule has 1 aliphatic carbocycles. The Morgan fingerprint density at radius 1 is 1.33 bits per heavy atom. The summed E-state index contributed by atoms with van der Waals surface area (Å²) in [5.74, 6) is 0.167. The van der Waals surface area contributed by atoms with Crippen LogP contribution in [0.5, 0.6) is 0 Å². The molecule has 1 fully saturated rings. The second kappa shape index (κ2) is 6.62. The van der Waals surface area contributed by atoms with Crippen LogP contribution in [-0.4, -0.2) is 27.4 Å². The van der Waals surface area contributed by atoms with Crippen molar-refractivity contribution in [1.82, 2.24) is 10.0 Å². The van der Waals surface area contributed by atoms with E-state index in [-0.39, 0.29) is 22.8 Å². The normalized spacial score (nSPS) is 23.0. The summed E-state index contributed by atoms with van der Waals surface area (Å²) in [6.45, 7) is 2.12. The molecule has 1 heterocycles. The van der Waals surface area contributed by atoms with Crippen molar-refractivity contribution in [3.05, 3.63) is 17.9 Å². The van der Waals surface area contributed by atoms with E-state index in [2.05, 4.69) is 17.0 Å². The summed E-state index contributed by atoms with van der Waals surface area (Å²) < 4.78 is 30.5. The summed E-state index contributed by atoms with van der Waals surface area (Å²) in [7, 11) is -2.36. The van der Waals surface area contributed by atoms with Crippen molar-refractivity contribution < 1.29 is 17.6 Å². The van der Waals surface area contributed by atoms with Gasteiger partial charge in [0.25, 0.3) is 15.9 Å². The first-order valence-electron chi connectivity index (χ1n) is 7.32. The highest BCUT2D eigenvalue weighted by Crippen LogP contribution is 2.27. The molecule has 1 aromatic heterocycles. The largest absolute Gasteiger partial charge is 0.438 e. The lowest BCUT2D eigenvalue weighted by molar-refractivity contribution is 0.0871. The smallest absolute Gasteiger partial charge is 0.287 e. The average molecular weight is 314 g/mol. The van der Waals surface area contributed by atoms with Crippen LogP contribution >= 0.6 is 0 Å². The van der Waals surface area contributed by atoms with Gasteiger partial charge in [0.05, 0.1) is 0 Å². The lowest BCUT2D eigenvalue weighted by Gasteiger charge is -2.31. The highest BCUT2D eigenvalue weighted by atomic mass is 32.2. The first-order chi connectivity index (χ1) is 9.97. The Bertz CT molecular complexity index is 594. The molecule has 0 saturated heterocycles. The number of amides is 1. The Labute approximate surface area is 125 Å². The molecular formula is C14H22N2O4S. The Kier molecular flexibility index (Phi) is 5.05. The fourth-order valence-corrected chi connectivity index (χ4v) is 3.46. The van der Waals surface area contributed by atoms with E-state index in [1.165, 1.54) is 25.6 Å². The monoisotopic (exact) mass is 314 g/mol. The molecule has 118 valence electrons. The van der Waals surface area contributed by atoms with E-state index < -0.39 is 10.0 Å². The van der Waals surface area contributed by atoms with Crippen molar-refractivity contribution in [2.75, 3.05) is 7.05 Å². The summed E-state index contributed by atoms with van der Waals surface area (Å²) in [5.41, 5.74) is 0. The summed E-state index contributed by atoms with van der Waals surface area (Å²) in [6, 6.07) is 2.83. The van der Waals surface area contributed by atoms with E-state index >= 15 is 0 Å². The molecule has 7 heteroatoms. The number of hydrogen-bond acceptors (Lipinski definition) is 4. The first kappa shape index (κ1) is 16.0. The van der Waals surface area contributed by atoms with E-state index in [0.29, 0.717) is 5.92 Å². The molecule has 0 spiro atoms. The number of rotatable bonds is 5. The zero-order chi connectivity index (χ0) is 15.5. The van der Waals surface area contributed by atoms with Crippen LogP contribution in [0.25, 0.3) is 0 Å². The molecule has 2 atom stereocenters. The van der Waals surface area contributed by atoms with Gasteiger partial charge in [-0.25, -0.2) is 13.1 Å². The summed E-state index contributed by atoms with van der Waals surface area (Å²) in [6.07, 6.45) is 5.43. The van der Waals surface area contributed by atoms with Gasteiger partial charge in [-0.2, -0.15) is 0 Å². The lowest BCUT2D eigenvalue weighted by atomic mass is 9.83. The second-order valence-electron chi connectivity index (χ2n) is 5.36. The van der Waals surface area contributed by atoms with Crippen LogP contribution in [0.2, 0.25) is 0 Å². The number of furan rings is 1. The van der Waals surface area contributed by atoms with E-state index in [9.17, 15) is 13.2 Å². The number of carbonyl (C=O) groups excluding carboxylic acids is 1. The van der Waals surface area contributed by atoms with Gasteiger partial charge in [-0.05, 0) is 37.9 Å². The minimum atomic E-state index is -3.66. The fraction of sp³-hybridized carbons (Fsp3) is 0.643. The van der Waals surface area contributed by atoms with E-state index in [0.717, 1.165) is 25.7 Å². The van der Waals surface area contributed by atoms with E-state index in [1.807, 2.05) is 0 Å². The van der Waals surface area contributed by atoms with Crippen LogP contribution in [0.4, 0.5) is 0 Å². The number of hydrogen-bond donors (Lipinski definition) is 2.